The third kappa shape index (κ3) is 2.54. The van der Waals surface area contributed by atoms with Crippen molar-refractivity contribution in [1.82, 2.24) is 14.5 Å². The number of rotatable bonds is 3. The van der Waals surface area contributed by atoms with E-state index in [1.165, 1.54) is 11.8 Å². The fourth-order valence-corrected chi connectivity index (χ4v) is 2.82. The Morgan fingerprint density at radius 2 is 2.00 bits per heavy atom. The number of hydrogen-bond donors (Lipinski definition) is 1. The van der Waals surface area contributed by atoms with Crippen molar-refractivity contribution in [2.24, 2.45) is 0 Å². The Bertz CT molecular complexity index is 790. The van der Waals surface area contributed by atoms with Crippen molar-refractivity contribution >= 4 is 22.7 Å². The lowest BCUT2D eigenvalue weighted by molar-refractivity contribution is 0.0802. The zero-order valence-electron chi connectivity index (χ0n) is 12.2. The minimum Gasteiger partial charge on any atom is -0.386 e. The third-order valence-corrected chi connectivity index (χ3v) is 4.00. The number of benzene rings is 1. The highest BCUT2D eigenvalue weighted by Crippen LogP contribution is 2.30. The van der Waals surface area contributed by atoms with Crippen molar-refractivity contribution in [2.75, 3.05) is 6.26 Å². The van der Waals surface area contributed by atoms with Crippen LogP contribution in [0.25, 0.3) is 16.7 Å². The molecule has 0 unspecified atom stereocenters. The monoisotopic (exact) mass is 299 g/mol. The maximum atomic E-state index is 10.3. The first-order valence-electron chi connectivity index (χ1n) is 6.71. The highest BCUT2D eigenvalue weighted by Gasteiger charge is 2.20. The molecule has 2 heterocycles. The van der Waals surface area contributed by atoms with Gasteiger partial charge in [0.25, 0.3) is 0 Å². The summed E-state index contributed by atoms with van der Waals surface area (Å²) in [5.74, 6) is 0.831. The summed E-state index contributed by atoms with van der Waals surface area (Å²) in [5, 5.41) is 12.1. The van der Waals surface area contributed by atoms with Crippen LogP contribution in [0.1, 0.15) is 19.4 Å². The number of thioether (sulfide) groups is 1. The second kappa shape index (κ2) is 5.16. The predicted octanol–water partition coefficient (Wildman–Crippen LogP) is 3.37. The minimum absolute atomic E-state index is 0.744. The van der Waals surface area contributed by atoms with Crippen LogP contribution in [-0.2, 0) is 5.60 Å². The van der Waals surface area contributed by atoms with E-state index in [2.05, 4.69) is 9.97 Å². The molecule has 108 valence electrons. The summed E-state index contributed by atoms with van der Waals surface area (Å²) < 4.78 is 2.02. The molecule has 5 heteroatoms. The Morgan fingerprint density at radius 1 is 1.19 bits per heavy atom. The van der Waals surface area contributed by atoms with Crippen LogP contribution in [0.15, 0.2) is 47.9 Å². The van der Waals surface area contributed by atoms with E-state index in [4.69, 9.17) is 0 Å². The summed E-state index contributed by atoms with van der Waals surface area (Å²) in [4.78, 5) is 8.73. The number of fused-ring (bicyclic) bond motifs is 1. The average molecular weight is 299 g/mol. The Morgan fingerprint density at radius 3 is 2.71 bits per heavy atom. The van der Waals surface area contributed by atoms with E-state index in [1.807, 2.05) is 47.4 Å². The minimum atomic E-state index is -0.873. The van der Waals surface area contributed by atoms with Gasteiger partial charge in [0.1, 0.15) is 5.82 Å². The van der Waals surface area contributed by atoms with Gasteiger partial charge in [-0.2, -0.15) is 0 Å². The van der Waals surface area contributed by atoms with Gasteiger partial charge >= 0.3 is 0 Å². The van der Waals surface area contributed by atoms with Gasteiger partial charge in [0.05, 0.1) is 11.1 Å². The van der Waals surface area contributed by atoms with Gasteiger partial charge in [-0.05, 0) is 43.9 Å². The maximum Gasteiger partial charge on any atom is 0.189 e. The van der Waals surface area contributed by atoms with Crippen molar-refractivity contribution in [3.8, 4) is 5.82 Å². The Labute approximate surface area is 127 Å². The Hall–Kier alpha value is -1.85. The molecule has 0 aliphatic heterocycles. The van der Waals surface area contributed by atoms with E-state index in [-0.39, 0.29) is 0 Å². The van der Waals surface area contributed by atoms with Crippen LogP contribution in [0.2, 0.25) is 0 Å². The molecule has 0 saturated heterocycles. The average Bonchev–Trinajstić information content (AvgIpc) is 2.90. The molecular weight excluding hydrogens is 282 g/mol. The molecule has 1 aromatic carbocycles. The molecule has 0 aliphatic carbocycles. The summed E-state index contributed by atoms with van der Waals surface area (Å²) in [6.45, 7) is 3.60. The smallest absolute Gasteiger partial charge is 0.189 e. The normalized spacial score (nSPS) is 12.0. The highest BCUT2D eigenvalue weighted by atomic mass is 32.2. The highest BCUT2D eigenvalue weighted by molar-refractivity contribution is 7.98. The lowest BCUT2D eigenvalue weighted by Gasteiger charge is -2.19. The summed E-state index contributed by atoms with van der Waals surface area (Å²) in [5.41, 5.74) is 1.07. The predicted molar refractivity (Wildman–Crippen MR) is 85.9 cm³/mol. The van der Waals surface area contributed by atoms with E-state index in [0.29, 0.717) is 0 Å². The number of aromatic nitrogens is 3. The van der Waals surface area contributed by atoms with Gasteiger partial charge < -0.3 is 9.67 Å². The maximum absolute atomic E-state index is 10.3. The molecule has 0 atom stereocenters. The molecule has 21 heavy (non-hydrogen) atoms. The van der Waals surface area contributed by atoms with Crippen molar-refractivity contribution in [3.63, 3.8) is 0 Å². The largest absolute Gasteiger partial charge is 0.386 e. The van der Waals surface area contributed by atoms with Crippen LogP contribution in [0.3, 0.4) is 0 Å². The van der Waals surface area contributed by atoms with E-state index in [9.17, 15) is 5.11 Å². The molecule has 0 saturated carbocycles. The van der Waals surface area contributed by atoms with Gasteiger partial charge in [0.15, 0.2) is 5.16 Å². The topological polar surface area (TPSA) is 50.9 Å². The van der Waals surface area contributed by atoms with E-state index in [1.54, 1.807) is 20.0 Å². The first-order chi connectivity index (χ1) is 10.0. The second-order valence-electron chi connectivity index (χ2n) is 5.38. The van der Waals surface area contributed by atoms with Crippen LogP contribution < -0.4 is 0 Å². The standard InChI is InChI=1S/C16H17N3OS/c1-16(2,20)12-5-4-6-13-11(12)8-10-19(13)14-7-9-17-15(18-14)21-3/h4-10,20H,1-3H3. The zero-order chi connectivity index (χ0) is 15.0. The fourth-order valence-electron chi connectivity index (χ4n) is 2.47. The van der Waals surface area contributed by atoms with Crippen molar-refractivity contribution in [1.29, 1.82) is 0 Å². The van der Waals surface area contributed by atoms with E-state index in [0.717, 1.165) is 27.4 Å². The number of nitrogens with zero attached hydrogens (tertiary/aromatic N) is 3. The Kier molecular flexibility index (Phi) is 3.47. The molecule has 0 fully saturated rings. The molecule has 2 aromatic heterocycles. The second-order valence-corrected chi connectivity index (χ2v) is 6.16. The number of hydrogen-bond acceptors (Lipinski definition) is 4. The fraction of sp³-hybridized carbons (Fsp3) is 0.250. The summed E-state index contributed by atoms with van der Waals surface area (Å²) in [6.07, 6.45) is 5.70. The van der Waals surface area contributed by atoms with E-state index < -0.39 is 5.60 Å². The molecule has 3 rings (SSSR count). The molecule has 4 nitrogen and oxygen atoms in total. The van der Waals surface area contributed by atoms with Gasteiger partial charge in [0, 0.05) is 17.8 Å². The Balaban J connectivity index is 2.21. The first kappa shape index (κ1) is 14.1. The van der Waals surface area contributed by atoms with Crippen molar-refractivity contribution < 1.29 is 5.11 Å². The summed E-state index contributed by atoms with van der Waals surface area (Å²) in [6, 6.07) is 9.85. The molecule has 0 amide bonds. The molecule has 0 aliphatic rings. The zero-order valence-corrected chi connectivity index (χ0v) is 13.1. The van der Waals surface area contributed by atoms with Crippen LogP contribution >= 0.6 is 11.8 Å². The number of aliphatic hydroxyl groups is 1. The van der Waals surface area contributed by atoms with Crippen LogP contribution in [0, 0.1) is 0 Å². The van der Waals surface area contributed by atoms with Gasteiger partial charge in [-0.15, -0.1) is 0 Å². The molecular formula is C16H17N3OS. The molecule has 3 aromatic rings. The van der Waals surface area contributed by atoms with Gasteiger partial charge in [-0.1, -0.05) is 23.9 Å². The molecule has 0 spiro atoms. The van der Waals surface area contributed by atoms with Crippen molar-refractivity contribution in [3.05, 3.63) is 48.3 Å². The molecule has 0 radical (unpaired) electrons. The lowest BCUT2D eigenvalue weighted by atomic mass is 9.95. The van der Waals surface area contributed by atoms with Crippen LogP contribution in [0.5, 0.6) is 0 Å². The van der Waals surface area contributed by atoms with Crippen LogP contribution in [-0.4, -0.2) is 25.9 Å². The SMILES string of the molecule is CSc1nccc(-n2ccc3c(C(C)(C)O)cccc32)n1. The molecule has 0 bridgehead atoms. The first-order valence-corrected chi connectivity index (χ1v) is 7.93. The van der Waals surface area contributed by atoms with Gasteiger partial charge in [-0.25, -0.2) is 9.97 Å². The van der Waals surface area contributed by atoms with Gasteiger partial charge in [-0.3, -0.25) is 0 Å². The lowest BCUT2D eigenvalue weighted by Crippen LogP contribution is -2.15. The molecule has 1 N–H and O–H groups in total. The summed E-state index contributed by atoms with van der Waals surface area (Å²) >= 11 is 1.52. The van der Waals surface area contributed by atoms with E-state index >= 15 is 0 Å². The third-order valence-electron chi connectivity index (χ3n) is 3.44. The summed E-state index contributed by atoms with van der Waals surface area (Å²) in [7, 11) is 0. The van der Waals surface area contributed by atoms with Crippen molar-refractivity contribution in [2.45, 2.75) is 24.6 Å². The van der Waals surface area contributed by atoms with Gasteiger partial charge in [0.2, 0.25) is 0 Å². The quantitative estimate of drug-likeness (QED) is 0.595. The van der Waals surface area contributed by atoms with Crippen LogP contribution in [0.4, 0.5) is 0 Å².